The molecule has 168 valence electrons. The van der Waals surface area contributed by atoms with Crippen LogP contribution in [0.2, 0.25) is 10.0 Å². The first kappa shape index (κ1) is 22.4. The number of piperidine rings is 1. The molecular formula is C23H24Cl2N4O3. The van der Waals surface area contributed by atoms with Crippen molar-refractivity contribution in [1.29, 1.82) is 0 Å². The SMILES string of the molecule is CCOC(=O)C1CCCN(C(=O)c2cc(-c3cccn3C)nn2-c2ccc(Cl)c(Cl)c2)C1. The fourth-order valence-corrected chi connectivity index (χ4v) is 4.27. The predicted molar refractivity (Wildman–Crippen MR) is 123 cm³/mol. The molecule has 0 radical (unpaired) electrons. The number of esters is 1. The third kappa shape index (κ3) is 4.40. The van der Waals surface area contributed by atoms with Crippen LogP contribution in [0, 0.1) is 5.92 Å². The van der Waals surface area contributed by atoms with Gasteiger partial charge in [0.15, 0.2) is 0 Å². The van der Waals surface area contributed by atoms with Crippen LogP contribution in [0.5, 0.6) is 0 Å². The molecule has 1 unspecified atom stereocenters. The minimum absolute atomic E-state index is 0.196. The normalized spacial score (nSPS) is 16.2. The number of halogens is 2. The summed E-state index contributed by atoms with van der Waals surface area (Å²) in [7, 11) is 1.92. The van der Waals surface area contributed by atoms with Gasteiger partial charge in [-0.1, -0.05) is 23.2 Å². The topological polar surface area (TPSA) is 69.4 Å². The van der Waals surface area contributed by atoms with Gasteiger partial charge in [-0.15, -0.1) is 0 Å². The van der Waals surface area contributed by atoms with E-state index in [2.05, 4.69) is 0 Å². The number of carbonyl (C=O) groups excluding carboxylic acids is 2. The van der Waals surface area contributed by atoms with Crippen LogP contribution >= 0.6 is 23.2 Å². The number of carbonyl (C=O) groups is 2. The van der Waals surface area contributed by atoms with Crippen LogP contribution in [0.4, 0.5) is 0 Å². The molecule has 1 fully saturated rings. The fourth-order valence-electron chi connectivity index (χ4n) is 3.98. The lowest BCUT2D eigenvalue weighted by atomic mass is 9.98. The van der Waals surface area contributed by atoms with Gasteiger partial charge < -0.3 is 14.2 Å². The average molecular weight is 475 g/mol. The van der Waals surface area contributed by atoms with E-state index in [0.717, 1.165) is 12.1 Å². The molecule has 1 aromatic carbocycles. The Bertz CT molecular complexity index is 1150. The summed E-state index contributed by atoms with van der Waals surface area (Å²) in [6, 6.07) is 10.8. The summed E-state index contributed by atoms with van der Waals surface area (Å²) in [4.78, 5) is 27.5. The monoisotopic (exact) mass is 474 g/mol. The maximum absolute atomic E-state index is 13.6. The Balaban J connectivity index is 1.72. The second-order valence-corrected chi connectivity index (χ2v) is 8.59. The van der Waals surface area contributed by atoms with Crippen molar-refractivity contribution in [2.45, 2.75) is 19.8 Å². The Labute approximate surface area is 196 Å². The summed E-state index contributed by atoms with van der Waals surface area (Å²) in [6.07, 6.45) is 3.37. The number of benzene rings is 1. The van der Waals surface area contributed by atoms with Crippen molar-refractivity contribution in [3.63, 3.8) is 0 Å². The van der Waals surface area contributed by atoms with Crippen molar-refractivity contribution in [1.82, 2.24) is 19.2 Å². The molecule has 3 heterocycles. The smallest absolute Gasteiger partial charge is 0.310 e. The summed E-state index contributed by atoms with van der Waals surface area (Å²) in [5, 5.41) is 5.51. The second-order valence-electron chi connectivity index (χ2n) is 7.77. The minimum Gasteiger partial charge on any atom is -0.466 e. The van der Waals surface area contributed by atoms with Crippen molar-refractivity contribution < 1.29 is 14.3 Å². The van der Waals surface area contributed by atoms with E-state index in [4.69, 9.17) is 33.0 Å². The Morgan fingerprint density at radius 1 is 1.19 bits per heavy atom. The Hall–Kier alpha value is -2.77. The lowest BCUT2D eigenvalue weighted by Gasteiger charge is -2.31. The number of aromatic nitrogens is 3. The molecule has 3 aromatic rings. The van der Waals surface area contributed by atoms with E-state index in [9.17, 15) is 9.59 Å². The first-order chi connectivity index (χ1) is 15.4. The molecule has 32 heavy (non-hydrogen) atoms. The van der Waals surface area contributed by atoms with Gasteiger partial charge in [-0.05, 0) is 56.2 Å². The number of hydrogen-bond donors (Lipinski definition) is 0. The highest BCUT2D eigenvalue weighted by Crippen LogP contribution is 2.28. The van der Waals surface area contributed by atoms with Crippen LogP contribution in [0.15, 0.2) is 42.6 Å². The summed E-state index contributed by atoms with van der Waals surface area (Å²) in [5.74, 6) is -0.771. The lowest BCUT2D eigenvalue weighted by Crippen LogP contribution is -2.43. The molecule has 0 N–H and O–H groups in total. The summed E-state index contributed by atoms with van der Waals surface area (Å²) in [5.41, 5.74) is 2.55. The molecule has 1 saturated heterocycles. The number of likely N-dealkylation sites (tertiary alicyclic amines) is 1. The van der Waals surface area contributed by atoms with Crippen LogP contribution < -0.4 is 0 Å². The summed E-state index contributed by atoms with van der Waals surface area (Å²) in [6.45, 7) is 3.00. The van der Waals surface area contributed by atoms with E-state index in [-0.39, 0.29) is 17.8 Å². The molecule has 0 aliphatic carbocycles. The molecule has 4 rings (SSSR count). The number of nitrogens with zero attached hydrogens (tertiary/aromatic N) is 4. The van der Waals surface area contributed by atoms with Crippen molar-refractivity contribution >= 4 is 35.1 Å². The zero-order valence-electron chi connectivity index (χ0n) is 17.9. The van der Waals surface area contributed by atoms with Crippen molar-refractivity contribution in [3.8, 4) is 17.1 Å². The Morgan fingerprint density at radius 2 is 2.00 bits per heavy atom. The molecule has 0 bridgehead atoms. The average Bonchev–Trinajstić information content (AvgIpc) is 3.41. The van der Waals surface area contributed by atoms with E-state index in [1.54, 1.807) is 40.8 Å². The highest BCUT2D eigenvalue weighted by Gasteiger charge is 2.32. The molecule has 1 aliphatic heterocycles. The molecule has 1 aliphatic rings. The largest absolute Gasteiger partial charge is 0.466 e. The van der Waals surface area contributed by atoms with Gasteiger partial charge in [0.1, 0.15) is 11.4 Å². The number of rotatable bonds is 5. The van der Waals surface area contributed by atoms with Crippen molar-refractivity contribution in [3.05, 3.63) is 58.3 Å². The standard InChI is InChI=1S/C23H24Cl2N4O3/c1-3-32-23(31)15-6-4-11-28(14-15)22(30)21-13-19(20-7-5-10-27(20)2)26-29(21)16-8-9-17(24)18(25)12-16/h5,7-10,12-13,15H,3-4,6,11,14H2,1-2H3. The van der Waals surface area contributed by atoms with Crippen molar-refractivity contribution in [2.75, 3.05) is 19.7 Å². The third-order valence-corrected chi connectivity index (χ3v) is 6.35. The Morgan fingerprint density at radius 3 is 2.69 bits per heavy atom. The number of aryl methyl sites for hydroxylation is 1. The van der Waals surface area contributed by atoms with E-state index < -0.39 is 0 Å². The van der Waals surface area contributed by atoms with Gasteiger partial charge in [-0.25, -0.2) is 4.68 Å². The zero-order chi connectivity index (χ0) is 22.8. The van der Waals surface area contributed by atoms with E-state index in [1.807, 2.05) is 29.9 Å². The molecule has 7 nitrogen and oxygen atoms in total. The zero-order valence-corrected chi connectivity index (χ0v) is 19.4. The van der Waals surface area contributed by atoms with Crippen LogP contribution in [0.3, 0.4) is 0 Å². The van der Waals surface area contributed by atoms with E-state index in [0.29, 0.717) is 53.2 Å². The highest BCUT2D eigenvalue weighted by molar-refractivity contribution is 6.42. The lowest BCUT2D eigenvalue weighted by molar-refractivity contribution is -0.149. The first-order valence-electron chi connectivity index (χ1n) is 10.5. The third-order valence-electron chi connectivity index (χ3n) is 5.61. The van der Waals surface area contributed by atoms with Crippen LogP contribution in [-0.4, -0.2) is 50.8 Å². The van der Waals surface area contributed by atoms with Gasteiger partial charge in [0.25, 0.3) is 5.91 Å². The summed E-state index contributed by atoms with van der Waals surface area (Å²) < 4.78 is 8.70. The van der Waals surface area contributed by atoms with Crippen LogP contribution in [0.1, 0.15) is 30.3 Å². The fraction of sp³-hybridized carbons (Fsp3) is 0.348. The second kappa shape index (κ2) is 9.38. The van der Waals surface area contributed by atoms with Crippen LogP contribution in [-0.2, 0) is 16.6 Å². The Kier molecular flexibility index (Phi) is 6.58. The van der Waals surface area contributed by atoms with E-state index in [1.165, 1.54) is 0 Å². The first-order valence-corrected chi connectivity index (χ1v) is 11.3. The molecular weight excluding hydrogens is 451 g/mol. The molecule has 1 atom stereocenters. The maximum atomic E-state index is 13.6. The maximum Gasteiger partial charge on any atom is 0.310 e. The van der Waals surface area contributed by atoms with Gasteiger partial charge >= 0.3 is 5.97 Å². The summed E-state index contributed by atoms with van der Waals surface area (Å²) >= 11 is 12.3. The van der Waals surface area contributed by atoms with Gasteiger partial charge in [0, 0.05) is 26.3 Å². The molecule has 0 saturated carbocycles. The van der Waals surface area contributed by atoms with Gasteiger partial charge in [-0.3, -0.25) is 9.59 Å². The number of ether oxygens (including phenoxy) is 1. The molecule has 2 aromatic heterocycles. The van der Waals surface area contributed by atoms with Crippen LogP contribution in [0.25, 0.3) is 17.1 Å². The molecule has 1 amide bonds. The highest BCUT2D eigenvalue weighted by atomic mass is 35.5. The van der Waals surface area contributed by atoms with Gasteiger partial charge in [0.2, 0.25) is 0 Å². The van der Waals surface area contributed by atoms with E-state index >= 15 is 0 Å². The molecule has 0 spiro atoms. The predicted octanol–water partition coefficient (Wildman–Crippen LogP) is 4.60. The quantitative estimate of drug-likeness (QED) is 0.506. The molecule has 9 heteroatoms. The van der Waals surface area contributed by atoms with Gasteiger partial charge in [0.05, 0.1) is 34.0 Å². The number of amides is 1. The minimum atomic E-state index is -0.318. The van der Waals surface area contributed by atoms with Gasteiger partial charge in [-0.2, -0.15) is 5.10 Å². The number of hydrogen-bond acceptors (Lipinski definition) is 4. The van der Waals surface area contributed by atoms with Crippen molar-refractivity contribution in [2.24, 2.45) is 13.0 Å².